The third kappa shape index (κ3) is 3.67. The van der Waals surface area contributed by atoms with Gasteiger partial charge in [0.25, 0.3) is 5.56 Å². The summed E-state index contributed by atoms with van der Waals surface area (Å²) in [5.41, 5.74) is 4.68. The minimum absolute atomic E-state index is 0.140. The summed E-state index contributed by atoms with van der Waals surface area (Å²) in [5, 5.41) is 4.04. The SMILES string of the molecule is CCC1(OC)C(=O)OCc2c1cc1n(c2=O)Cc2c-1nc1cc(F)c(C)c3c1c2C(NC(=O)Cc1ccncc1)CC3. The zero-order valence-electron chi connectivity index (χ0n) is 23.5. The third-order valence-electron chi connectivity index (χ3n) is 9.14. The van der Waals surface area contributed by atoms with Crippen molar-refractivity contribution in [2.45, 2.75) is 64.3 Å². The first kappa shape index (κ1) is 26.5. The molecule has 0 saturated heterocycles. The van der Waals surface area contributed by atoms with Gasteiger partial charge in [-0.05, 0) is 66.6 Å². The van der Waals surface area contributed by atoms with Crippen LogP contribution < -0.4 is 10.9 Å². The van der Waals surface area contributed by atoms with E-state index in [9.17, 15) is 14.4 Å². The molecule has 2 atom stereocenters. The van der Waals surface area contributed by atoms with Crippen molar-refractivity contribution >= 4 is 22.8 Å². The van der Waals surface area contributed by atoms with Crippen molar-refractivity contribution in [3.05, 3.63) is 91.8 Å². The van der Waals surface area contributed by atoms with Crippen LogP contribution in [0.1, 0.15) is 64.8 Å². The molecule has 10 heteroatoms. The quantitative estimate of drug-likeness (QED) is 0.320. The number of hydrogen-bond donors (Lipinski definition) is 1. The lowest BCUT2D eigenvalue weighted by atomic mass is 9.81. The van der Waals surface area contributed by atoms with Gasteiger partial charge in [-0.3, -0.25) is 14.6 Å². The Labute approximate surface area is 240 Å². The molecule has 0 radical (unpaired) electrons. The zero-order chi connectivity index (χ0) is 29.3. The average Bonchev–Trinajstić information content (AvgIpc) is 3.36. The molecule has 9 nitrogen and oxygen atoms in total. The Balaban J connectivity index is 1.42. The van der Waals surface area contributed by atoms with Gasteiger partial charge in [0, 0.05) is 42.1 Å². The third-order valence-corrected chi connectivity index (χ3v) is 9.14. The predicted octanol–water partition coefficient (Wildman–Crippen LogP) is 3.92. The van der Waals surface area contributed by atoms with Gasteiger partial charge < -0.3 is 19.4 Å². The maximum atomic E-state index is 15.1. The lowest BCUT2D eigenvalue weighted by molar-refractivity contribution is -0.176. The van der Waals surface area contributed by atoms with Crippen molar-refractivity contribution in [1.29, 1.82) is 0 Å². The van der Waals surface area contributed by atoms with Crippen molar-refractivity contribution in [1.82, 2.24) is 19.9 Å². The number of aromatic nitrogens is 3. The second-order valence-electron chi connectivity index (χ2n) is 11.2. The molecular weight excluding hydrogens is 539 g/mol. The summed E-state index contributed by atoms with van der Waals surface area (Å²) in [5.74, 6) is -1.02. The van der Waals surface area contributed by atoms with Gasteiger partial charge in [0.1, 0.15) is 12.4 Å². The first-order valence-electron chi connectivity index (χ1n) is 14.1. The Morgan fingerprint density at radius 3 is 2.74 bits per heavy atom. The number of fused-ring (bicyclic) bond motifs is 5. The molecule has 42 heavy (non-hydrogen) atoms. The standard InChI is InChI=1S/C32H29FN4O5/c1-4-32(41-3)21-12-25-29-19(14-37(25)30(39)20(21)15-42-31(32)40)28-23(35-26(38)11-17-7-9-34-10-8-17)6-5-18-16(2)22(33)13-24(36-29)27(18)28/h7-10,12-13,23H,4-6,11,14-15H2,1-3H3,(H,35,38). The van der Waals surface area contributed by atoms with E-state index in [0.29, 0.717) is 46.4 Å². The van der Waals surface area contributed by atoms with E-state index in [2.05, 4.69) is 10.3 Å². The van der Waals surface area contributed by atoms with Crippen LogP contribution in [-0.2, 0) is 50.7 Å². The number of carbonyl (C=O) groups is 2. The fraction of sp³-hybridized carbons (Fsp3) is 0.344. The monoisotopic (exact) mass is 568 g/mol. The number of ether oxygens (including phenoxy) is 2. The Kier molecular flexibility index (Phi) is 6.02. The van der Waals surface area contributed by atoms with Gasteiger partial charge in [-0.15, -0.1) is 0 Å². The molecule has 5 heterocycles. The van der Waals surface area contributed by atoms with E-state index in [1.807, 2.05) is 0 Å². The summed E-state index contributed by atoms with van der Waals surface area (Å²) in [6.07, 6.45) is 4.95. The summed E-state index contributed by atoms with van der Waals surface area (Å²) in [6.45, 7) is 3.67. The van der Waals surface area contributed by atoms with Crippen LogP contribution in [0, 0.1) is 12.7 Å². The fourth-order valence-electron chi connectivity index (χ4n) is 6.96. The maximum Gasteiger partial charge on any atom is 0.343 e. The first-order chi connectivity index (χ1) is 20.3. The molecule has 1 aromatic carbocycles. The molecule has 3 aliphatic rings. The number of amides is 1. The van der Waals surface area contributed by atoms with Crippen LogP contribution in [0.3, 0.4) is 0 Å². The lowest BCUT2D eigenvalue weighted by Gasteiger charge is -2.35. The number of rotatable bonds is 5. The second kappa shape index (κ2) is 9.55. The molecule has 3 aromatic heterocycles. The molecule has 1 N–H and O–H groups in total. The Morgan fingerprint density at radius 2 is 2.00 bits per heavy atom. The van der Waals surface area contributed by atoms with Crippen LogP contribution in [0.15, 0.2) is 41.5 Å². The van der Waals surface area contributed by atoms with E-state index in [-0.39, 0.29) is 49.3 Å². The highest BCUT2D eigenvalue weighted by Gasteiger charge is 2.47. The zero-order valence-corrected chi connectivity index (χ0v) is 23.5. The Hall–Kier alpha value is -4.44. The highest BCUT2D eigenvalue weighted by molar-refractivity contribution is 5.94. The lowest BCUT2D eigenvalue weighted by Crippen LogP contribution is -2.45. The van der Waals surface area contributed by atoms with Crippen LogP contribution >= 0.6 is 0 Å². The number of halogens is 1. The van der Waals surface area contributed by atoms with Gasteiger partial charge in [-0.25, -0.2) is 14.2 Å². The van der Waals surface area contributed by atoms with Crippen molar-refractivity contribution in [2.24, 2.45) is 0 Å². The number of pyridine rings is 3. The van der Waals surface area contributed by atoms with Crippen LogP contribution in [0.2, 0.25) is 0 Å². The second-order valence-corrected chi connectivity index (χ2v) is 11.2. The van der Waals surface area contributed by atoms with Crippen molar-refractivity contribution in [3.8, 4) is 11.4 Å². The summed E-state index contributed by atoms with van der Waals surface area (Å²) in [6, 6.07) is 6.49. The molecule has 0 fully saturated rings. The minimum Gasteiger partial charge on any atom is -0.458 e. The summed E-state index contributed by atoms with van der Waals surface area (Å²) in [4.78, 5) is 49.0. The van der Waals surface area contributed by atoms with E-state index in [1.54, 1.807) is 49.0 Å². The summed E-state index contributed by atoms with van der Waals surface area (Å²) in [7, 11) is 1.43. The molecular formula is C32H29FN4O5. The molecule has 7 rings (SSSR count). The van der Waals surface area contributed by atoms with Crippen LogP contribution in [0.4, 0.5) is 4.39 Å². The molecule has 4 aromatic rings. The van der Waals surface area contributed by atoms with E-state index in [4.69, 9.17) is 14.5 Å². The Bertz CT molecular complexity index is 1880. The normalized spacial score (nSPS) is 20.1. The molecule has 0 bridgehead atoms. The van der Waals surface area contributed by atoms with Gasteiger partial charge in [0.15, 0.2) is 5.60 Å². The highest BCUT2D eigenvalue weighted by atomic mass is 19.1. The van der Waals surface area contributed by atoms with Gasteiger partial charge in [0.05, 0.1) is 41.5 Å². The first-order valence-corrected chi connectivity index (χ1v) is 14.1. The largest absolute Gasteiger partial charge is 0.458 e. The number of nitrogens with zero attached hydrogens (tertiary/aromatic N) is 3. The fourth-order valence-corrected chi connectivity index (χ4v) is 6.96. The molecule has 1 amide bonds. The van der Waals surface area contributed by atoms with E-state index < -0.39 is 11.6 Å². The predicted molar refractivity (Wildman–Crippen MR) is 151 cm³/mol. The van der Waals surface area contributed by atoms with Gasteiger partial charge in [0.2, 0.25) is 5.91 Å². The number of cyclic esters (lactones) is 1. The summed E-state index contributed by atoms with van der Waals surface area (Å²) < 4.78 is 27.9. The maximum absolute atomic E-state index is 15.1. The highest BCUT2D eigenvalue weighted by Crippen LogP contribution is 2.46. The van der Waals surface area contributed by atoms with Gasteiger partial charge in [-0.2, -0.15) is 0 Å². The molecule has 214 valence electrons. The molecule has 2 aliphatic heterocycles. The van der Waals surface area contributed by atoms with Gasteiger partial charge in [-0.1, -0.05) is 6.92 Å². The van der Waals surface area contributed by atoms with Crippen molar-refractivity contribution in [2.75, 3.05) is 7.11 Å². The number of hydrogen-bond acceptors (Lipinski definition) is 7. The van der Waals surface area contributed by atoms with Crippen LogP contribution in [0.5, 0.6) is 0 Å². The minimum atomic E-state index is -1.41. The van der Waals surface area contributed by atoms with Crippen LogP contribution in [-0.4, -0.2) is 33.5 Å². The summed E-state index contributed by atoms with van der Waals surface area (Å²) >= 11 is 0. The van der Waals surface area contributed by atoms with Gasteiger partial charge >= 0.3 is 5.97 Å². The van der Waals surface area contributed by atoms with Crippen molar-refractivity contribution < 1.29 is 23.5 Å². The molecule has 0 spiro atoms. The molecule has 1 aliphatic carbocycles. The van der Waals surface area contributed by atoms with E-state index >= 15 is 4.39 Å². The number of aryl methyl sites for hydroxylation is 1. The Morgan fingerprint density at radius 1 is 1.21 bits per heavy atom. The number of methoxy groups -OCH3 is 1. The van der Waals surface area contributed by atoms with Crippen molar-refractivity contribution in [3.63, 3.8) is 0 Å². The van der Waals surface area contributed by atoms with E-state index in [0.717, 1.165) is 27.6 Å². The molecule has 2 unspecified atom stereocenters. The van der Waals surface area contributed by atoms with E-state index in [1.165, 1.54) is 13.2 Å². The average molecular weight is 569 g/mol. The molecule has 0 saturated carbocycles. The number of benzene rings is 1. The number of carbonyl (C=O) groups excluding carboxylic acids is 2. The smallest absolute Gasteiger partial charge is 0.343 e. The van der Waals surface area contributed by atoms with Crippen LogP contribution in [0.25, 0.3) is 22.3 Å². The number of esters is 1. The topological polar surface area (TPSA) is 112 Å². The number of nitrogens with one attached hydrogen (secondary N) is 1.